The van der Waals surface area contributed by atoms with Crippen molar-refractivity contribution in [1.82, 2.24) is 10.2 Å². The van der Waals surface area contributed by atoms with E-state index in [4.69, 9.17) is 4.74 Å². The number of aryl methyl sites for hydroxylation is 1. The molecule has 1 heterocycles. The van der Waals surface area contributed by atoms with Crippen molar-refractivity contribution < 1.29 is 9.84 Å². The number of aromatic hydroxyl groups is 1. The lowest BCUT2D eigenvalue weighted by atomic mass is 9.89. The molecule has 0 spiro atoms. The van der Waals surface area contributed by atoms with Gasteiger partial charge in [-0.25, -0.2) is 0 Å². The molecule has 1 N–H and O–H groups in total. The molecule has 0 saturated heterocycles. The highest BCUT2D eigenvalue weighted by atomic mass is 16.5. The van der Waals surface area contributed by atoms with Gasteiger partial charge in [0.25, 0.3) is 0 Å². The van der Waals surface area contributed by atoms with Crippen LogP contribution < -0.4 is 4.74 Å². The van der Waals surface area contributed by atoms with Crippen molar-refractivity contribution in [2.75, 3.05) is 7.11 Å². The summed E-state index contributed by atoms with van der Waals surface area (Å²) in [5.74, 6) is 0.882. The fourth-order valence-electron chi connectivity index (χ4n) is 2.84. The number of hydrogen-bond donors (Lipinski definition) is 1. The predicted octanol–water partition coefficient (Wildman–Crippen LogP) is 3.05. The normalized spacial score (nSPS) is 13.9. The average molecular weight is 270 g/mol. The van der Waals surface area contributed by atoms with Gasteiger partial charge in [0.05, 0.1) is 7.11 Å². The number of nitrogens with zero attached hydrogens (tertiary/aromatic N) is 2. The molecule has 1 aliphatic rings. The summed E-state index contributed by atoms with van der Waals surface area (Å²) >= 11 is 0. The highest BCUT2D eigenvalue weighted by Gasteiger charge is 2.21. The molecule has 3 rings (SSSR count). The molecule has 0 bridgehead atoms. The van der Waals surface area contributed by atoms with Gasteiger partial charge in [-0.05, 0) is 55.9 Å². The Labute approximate surface area is 118 Å². The standard InChI is InChI=1S/C16H18N2O2/c1-10-7-8-13(14(9-10)20-2)15-11-5-3-4-6-12(11)16(19)18-17-15/h7-9H,3-6H2,1-2H3,(H,18,19). The third kappa shape index (κ3) is 2.11. The van der Waals surface area contributed by atoms with E-state index in [2.05, 4.69) is 10.2 Å². The Morgan fingerprint density at radius 1 is 1.10 bits per heavy atom. The Kier molecular flexibility index (Phi) is 3.30. The van der Waals surface area contributed by atoms with Gasteiger partial charge in [0, 0.05) is 11.1 Å². The minimum absolute atomic E-state index is 0.0783. The summed E-state index contributed by atoms with van der Waals surface area (Å²) in [4.78, 5) is 0. The molecule has 1 aliphatic carbocycles. The molecule has 1 aromatic carbocycles. The van der Waals surface area contributed by atoms with Crippen molar-refractivity contribution in [1.29, 1.82) is 0 Å². The van der Waals surface area contributed by atoms with Crippen LogP contribution in [0.25, 0.3) is 11.3 Å². The van der Waals surface area contributed by atoms with E-state index in [0.717, 1.165) is 59.4 Å². The third-order valence-electron chi connectivity index (χ3n) is 3.88. The molecule has 0 unspecified atom stereocenters. The first-order valence-electron chi connectivity index (χ1n) is 6.93. The van der Waals surface area contributed by atoms with E-state index in [9.17, 15) is 5.11 Å². The zero-order valence-corrected chi connectivity index (χ0v) is 11.8. The Hall–Kier alpha value is -2.10. The molecular formula is C16H18N2O2. The van der Waals surface area contributed by atoms with E-state index in [-0.39, 0.29) is 5.88 Å². The Bertz CT molecular complexity index is 653. The summed E-state index contributed by atoms with van der Waals surface area (Å²) in [7, 11) is 1.67. The maximum Gasteiger partial charge on any atom is 0.234 e. The molecule has 0 aliphatic heterocycles. The van der Waals surface area contributed by atoms with Gasteiger partial charge < -0.3 is 9.84 Å². The van der Waals surface area contributed by atoms with E-state index in [1.807, 2.05) is 25.1 Å². The van der Waals surface area contributed by atoms with E-state index in [1.165, 1.54) is 0 Å². The van der Waals surface area contributed by atoms with Crippen LogP contribution >= 0.6 is 0 Å². The molecule has 4 heteroatoms. The van der Waals surface area contributed by atoms with Crippen LogP contribution in [0.4, 0.5) is 0 Å². The summed E-state index contributed by atoms with van der Waals surface area (Å²) in [6.45, 7) is 2.03. The molecule has 4 nitrogen and oxygen atoms in total. The second kappa shape index (κ2) is 5.12. The van der Waals surface area contributed by atoms with Crippen LogP contribution in [0.3, 0.4) is 0 Å². The average Bonchev–Trinajstić information content (AvgIpc) is 2.48. The van der Waals surface area contributed by atoms with Crippen molar-refractivity contribution in [3.63, 3.8) is 0 Å². The fraction of sp³-hybridized carbons (Fsp3) is 0.375. The minimum Gasteiger partial charge on any atom is -0.496 e. The molecule has 0 amide bonds. The first kappa shape index (κ1) is 12.9. The number of benzene rings is 1. The number of ether oxygens (including phenoxy) is 1. The topological polar surface area (TPSA) is 55.2 Å². The summed E-state index contributed by atoms with van der Waals surface area (Å²) in [5.41, 5.74) is 5.00. The minimum atomic E-state index is 0.0783. The van der Waals surface area contributed by atoms with E-state index in [1.54, 1.807) is 7.11 Å². The smallest absolute Gasteiger partial charge is 0.234 e. The lowest BCUT2D eigenvalue weighted by Gasteiger charge is -2.19. The molecular weight excluding hydrogens is 252 g/mol. The monoisotopic (exact) mass is 270 g/mol. The molecule has 0 radical (unpaired) electrons. The predicted molar refractivity (Wildman–Crippen MR) is 77.1 cm³/mol. The summed E-state index contributed by atoms with van der Waals surface area (Å²) in [6.07, 6.45) is 4.03. The first-order valence-corrected chi connectivity index (χ1v) is 6.93. The van der Waals surface area contributed by atoms with Crippen LogP contribution in [0, 0.1) is 6.92 Å². The SMILES string of the molecule is COc1cc(C)ccc1-c1nnc(O)c2c1CCCC2. The zero-order chi connectivity index (χ0) is 14.1. The molecule has 2 aromatic rings. The lowest BCUT2D eigenvalue weighted by Crippen LogP contribution is -2.08. The van der Waals surface area contributed by atoms with Crippen molar-refractivity contribution in [2.45, 2.75) is 32.6 Å². The lowest BCUT2D eigenvalue weighted by molar-refractivity contribution is 0.415. The van der Waals surface area contributed by atoms with Gasteiger partial charge in [0.15, 0.2) is 0 Å². The molecule has 0 fully saturated rings. The molecule has 104 valence electrons. The van der Waals surface area contributed by atoms with E-state index < -0.39 is 0 Å². The molecule has 0 atom stereocenters. The number of rotatable bonds is 2. The maximum absolute atomic E-state index is 9.89. The van der Waals surface area contributed by atoms with Crippen molar-refractivity contribution in [3.05, 3.63) is 34.9 Å². The Balaban J connectivity index is 2.20. The van der Waals surface area contributed by atoms with Crippen LogP contribution in [0.1, 0.15) is 29.5 Å². The summed E-state index contributed by atoms with van der Waals surface area (Å²) in [6, 6.07) is 6.06. The maximum atomic E-state index is 9.89. The van der Waals surface area contributed by atoms with Crippen molar-refractivity contribution in [3.8, 4) is 22.9 Å². The Morgan fingerprint density at radius 2 is 1.85 bits per heavy atom. The third-order valence-corrected chi connectivity index (χ3v) is 3.88. The molecule has 20 heavy (non-hydrogen) atoms. The van der Waals surface area contributed by atoms with Gasteiger partial charge >= 0.3 is 0 Å². The zero-order valence-electron chi connectivity index (χ0n) is 11.8. The van der Waals surface area contributed by atoms with Crippen molar-refractivity contribution in [2.24, 2.45) is 0 Å². The molecule has 1 aromatic heterocycles. The Morgan fingerprint density at radius 3 is 2.60 bits per heavy atom. The van der Waals surface area contributed by atoms with Crippen LogP contribution in [-0.4, -0.2) is 22.4 Å². The second-order valence-electron chi connectivity index (χ2n) is 5.24. The van der Waals surface area contributed by atoms with Gasteiger partial charge in [0.2, 0.25) is 5.88 Å². The van der Waals surface area contributed by atoms with Crippen LogP contribution in [0.2, 0.25) is 0 Å². The quantitative estimate of drug-likeness (QED) is 0.911. The largest absolute Gasteiger partial charge is 0.496 e. The van der Waals surface area contributed by atoms with Gasteiger partial charge in [-0.15, -0.1) is 10.2 Å². The van der Waals surface area contributed by atoms with Crippen LogP contribution in [-0.2, 0) is 12.8 Å². The highest BCUT2D eigenvalue weighted by Crippen LogP contribution is 2.37. The summed E-state index contributed by atoms with van der Waals surface area (Å²) < 4.78 is 5.47. The number of aromatic nitrogens is 2. The van der Waals surface area contributed by atoms with Gasteiger partial charge in [-0.3, -0.25) is 0 Å². The van der Waals surface area contributed by atoms with E-state index >= 15 is 0 Å². The first-order chi connectivity index (χ1) is 9.70. The highest BCUT2D eigenvalue weighted by molar-refractivity contribution is 5.72. The van der Waals surface area contributed by atoms with Gasteiger partial charge in [-0.1, -0.05) is 6.07 Å². The number of methoxy groups -OCH3 is 1. The number of hydrogen-bond acceptors (Lipinski definition) is 4. The summed E-state index contributed by atoms with van der Waals surface area (Å²) in [5, 5.41) is 18.0. The fourth-order valence-corrected chi connectivity index (χ4v) is 2.84. The van der Waals surface area contributed by atoms with Gasteiger partial charge in [0.1, 0.15) is 11.4 Å². The molecule has 0 saturated carbocycles. The van der Waals surface area contributed by atoms with Crippen molar-refractivity contribution >= 4 is 0 Å². The van der Waals surface area contributed by atoms with E-state index in [0.29, 0.717) is 0 Å². The van der Waals surface area contributed by atoms with Crippen LogP contribution in [0.15, 0.2) is 18.2 Å². The van der Waals surface area contributed by atoms with Crippen LogP contribution in [0.5, 0.6) is 11.6 Å². The second-order valence-corrected chi connectivity index (χ2v) is 5.24. The van der Waals surface area contributed by atoms with Gasteiger partial charge in [-0.2, -0.15) is 0 Å². The number of fused-ring (bicyclic) bond motifs is 1.